The smallest absolute Gasteiger partial charge is 0.153 e. The molecular weight excluding hydrogens is 398 g/mol. The summed E-state index contributed by atoms with van der Waals surface area (Å²) in [7, 11) is 0. The van der Waals surface area contributed by atoms with Crippen LogP contribution in [0.2, 0.25) is 0 Å². The number of hydrogen-bond acceptors (Lipinski definition) is 3. The van der Waals surface area contributed by atoms with E-state index in [9.17, 15) is 0 Å². The Bertz CT molecular complexity index is 1670. The molecule has 1 aliphatic rings. The van der Waals surface area contributed by atoms with Crippen LogP contribution in [0.4, 0.5) is 0 Å². The zero-order chi connectivity index (χ0) is 20.7. The zero-order valence-corrected chi connectivity index (χ0v) is 18.1. The molecule has 148 valence electrons. The second-order valence-corrected chi connectivity index (χ2v) is 9.85. The number of thiophene rings is 1. The quantitative estimate of drug-likeness (QED) is 0.270. The molecule has 6 aromatic rings. The monoisotopic (exact) mass is 417 g/mol. The average molecular weight is 418 g/mol. The number of pyridine rings is 1. The van der Waals surface area contributed by atoms with Gasteiger partial charge in [-0.3, -0.25) is 0 Å². The minimum absolute atomic E-state index is 0.0350. The van der Waals surface area contributed by atoms with E-state index in [4.69, 9.17) is 9.40 Å². The third-order valence-electron chi connectivity index (χ3n) is 6.68. The molecule has 3 aromatic heterocycles. The molecule has 0 N–H and O–H groups in total. The Balaban J connectivity index is 1.55. The van der Waals surface area contributed by atoms with E-state index < -0.39 is 0 Å². The van der Waals surface area contributed by atoms with Gasteiger partial charge in [-0.1, -0.05) is 62.4 Å². The van der Waals surface area contributed by atoms with E-state index in [0.29, 0.717) is 0 Å². The Morgan fingerprint density at radius 3 is 2.48 bits per heavy atom. The van der Waals surface area contributed by atoms with Crippen LogP contribution in [0.25, 0.3) is 53.9 Å². The maximum atomic E-state index is 6.00. The summed E-state index contributed by atoms with van der Waals surface area (Å²) in [6, 6.07) is 27.7. The van der Waals surface area contributed by atoms with Gasteiger partial charge in [0.05, 0.1) is 5.69 Å². The summed E-state index contributed by atoms with van der Waals surface area (Å²) in [6.45, 7) is 4.70. The maximum Gasteiger partial charge on any atom is 0.153 e. The fourth-order valence-corrected chi connectivity index (χ4v) is 6.69. The molecule has 0 amide bonds. The van der Waals surface area contributed by atoms with Crippen LogP contribution in [0.5, 0.6) is 0 Å². The van der Waals surface area contributed by atoms with Crippen molar-refractivity contribution >= 4 is 43.5 Å². The Kier molecular flexibility index (Phi) is 3.25. The fraction of sp³-hybridized carbons (Fsp3) is 0.107. The lowest BCUT2D eigenvalue weighted by Gasteiger charge is -2.22. The number of furan rings is 1. The normalized spacial score (nSPS) is 14.4. The molecule has 0 bridgehead atoms. The lowest BCUT2D eigenvalue weighted by atomic mass is 9.81. The predicted molar refractivity (Wildman–Crippen MR) is 130 cm³/mol. The van der Waals surface area contributed by atoms with Crippen LogP contribution < -0.4 is 0 Å². The molecule has 0 fully saturated rings. The first kappa shape index (κ1) is 17.3. The molecule has 3 heterocycles. The van der Waals surface area contributed by atoms with Crippen molar-refractivity contribution < 1.29 is 4.42 Å². The van der Waals surface area contributed by atoms with Gasteiger partial charge in [-0.05, 0) is 46.8 Å². The number of hydrogen-bond donors (Lipinski definition) is 0. The maximum absolute atomic E-state index is 6.00. The van der Waals surface area contributed by atoms with Crippen molar-refractivity contribution in [3.63, 3.8) is 0 Å². The Morgan fingerprint density at radius 1 is 0.774 bits per heavy atom. The highest BCUT2D eigenvalue weighted by Gasteiger charge is 2.40. The van der Waals surface area contributed by atoms with Crippen LogP contribution in [-0.2, 0) is 5.41 Å². The number of rotatable bonds is 1. The van der Waals surface area contributed by atoms with E-state index in [1.807, 2.05) is 29.5 Å². The van der Waals surface area contributed by atoms with Gasteiger partial charge in [0.2, 0.25) is 0 Å². The lowest BCUT2D eigenvalue weighted by Crippen LogP contribution is -2.14. The Hall–Kier alpha value is -3.43. The molecule has 3 heteroatoms. The minimum Gasteiger partial charge on any atom is -0.454 e. The van der Waals surface area contributed by atoms with Gasteiger partial charge in [-0.25, -0.2) is 4.98 Å². The second-order valence-electron chi connectivity index (χ2n) is 8.80. The number of benzene rings is 3. The fourth-order valence-electron chi connectivity index (χ4n) is 5.25. The SMILES string of the molecule is CC1(C)c2cccc(-c3ccc4oc5ccccc5c4n3)c2-c2sc3ccccc3c21. The van der Waals surface area contributed by atoms with Crippen LogP contribution in [0.1, 0.15) is 25.0 Å². The zero-order valence-electron chi connectivity index (χ0n) is 17.3. The van der Waals surface area contributed by atoms with Crippen molar-refractivity contribution in [3.05, 3.63) is 90.0 Å². The first-order valence-electron chi connectivity index (χ1n) is 10.6. The summed E-state index contributed by atoms with van der Waals surface area (Å²) in [5.74, 6) is 0. The van der Waals surface area contributed by atoms with Crippen LogP contribution in [0.3, 0.4) is 0 Å². The third-order valence-corrected chi connectivity index (χ3v) is 7.87. The largest absolute Gasteiger partial charge is 0.454 e. The van der Waals surface area contributed by atoms with E-state index >= 15 is 0 Å². The summed E-state index contributed by atoms with van der Waals surface area (Å²) >= 11 is 1.90. The van der Waals surface area contributed by atoms with Crippen molar-refractivity contribution in [1.82, 2.24) is 4.98 Å². The second kappa shape index (κ2) is 5.83. The molecule has 3 aromatic carbocycles. The van der Waals surface area contributed by atoms with Crippen LogP contribution >= 0.6 is 11.3 Å². The standard InChI is InChI=1S/C28H19NOS/c1-28(2)19-11-7-10-16(24(19)27-25(28)18-9-4-6-13-23(18)31-27)20-14-15-22-26(29-20)17-8-3-5-12-21(17)30-22/h3-15H,1-2H3. The van der Waals surface area contributed by atoms with Crippen molar-refractivity contribution in [3.8, 4) is 21.7 Å². The van der Waals surface area contributed by atoms with Gasteiger partial charge in [-0.2, -0.15) is 0 Å². The molecule has 7 rings (SSSR count). The summed E-state index contributed by atoms with van der Waals surface area (Å²) in [5, 5.41) is 2.44. The molecule has 0 spiro atoms. The topological polar surface area (TPSA) is 26.0 Å². The van der Waals surface area contributed by atoms with Gasteiger partial charge in [0.1, 0.15) is 11.1 Å². The molecule has 2 nitrogen and oxygen atoms in total. The minimum atomic E-state index is -0.0350. The molecule has 0 unspecified atom stereocenters. The average Bonchev–Trinajstić information content (AvgIpc) is 3.42. The number of fused-ring (bicyclic) bond motifs is 8. The molecule has 1 aliphatic carbocycles. The van der Waals surface area contributed by atoms with Crippen LogP contribution in [0, 0.1) is 0 Å². The molecule has 31 heavy (non-hydrogen) atoms. The number of nitrogens with zero attached hydrogens (tertiary/aromatic N) is 1. The highest BCUT2D eigenvalue weighted by atomic mass is 32.1. The predicted octanol–water partition coefficient (Wildman–Crippen LogP) is 8.17. The van der Waals surface area contributed by atoms with E-state index in [2.05, 4.69) is 74.5 Å². The summed E-state index contributed by atoms with van der Waals surface area (Å²) in [6.07, 6.45) is 0. The molecular formula is C28H19NOS. The first-order valence-corrected chi connectivity index (χ1v) is 11.4. The van der Waals surface area contributed by atoms with Crippen molar-refractivity contribution in [1.29, 1.82) is 0 Å². The van der Waals surface area contributed by atoms with Gasteiger partial charge in [0.25, 0.3) is 0 Å². The number of aromatic nitrogens is 1. The van der Waals surface area contributed by atoms with E-state index in [0.717, 1.165) is 27.8 Å². The van der Waals surface area contributed by atoms with Crippen molar-refractivity contribution in [2.75, 3.05) is 0 Å². The Morgan fingerprint density at radius 2 is 1.58 bits per heavy atom. The van der Waals surface area contributed by atoms with Crippen molar-refractivity contribution in [2.24, 2.45) is 0 Å². The molecule has 0 atom stereocenters. The Labute approximate surface area is 183 Å². The highest BCUT2D eigenvalue weighted by molar-refractivity contribution is 7.22. The highest BCUT2D eigenvalue weighted by Crippen LogP contribution is 2.57. The summed E-state index contributed by atoms with van der Waals surface area (Å²) in [5.41, 5.74) is 8.98. The molecule has 0 aliphatic heterocycles. The number of para-hydroxylation sites is 1. The van der Waals surface area contributed by atoms with Crippen LogP contribution in [-0.4, -0.2) is 4.98 Å². The van der Waals surface area contributed by atoms with Crippen molar-refractivity contribution in [2.45, 2.75) is 19.3 Å². The first-order chi connectivity index (χ1) is 15.1. The summed E-state index contributed by atoms with van der Waals surface area (Å²) in [4.78, 5) is 6.48. The van der Waals surface area contributed by atoms with E-state index in [1.165, 1.54) is 37.2 Å². The van der Waals surface area contributed by atoms with Crippen LogP contribution in [0.15, 0.2) is 83.3 Å². The van der Waals surface area contributed by atoms with Gasteiger partial charge in [0, 0.05) is 31.5 Å². The third kappa shape index (κ3) is 2.19. The molecule has 0 saturated carbocycles. The van der Waals surface area contributed by atoms with E-state index in [-0.39, 0.29) is 5.41 Å². The molecule has 0 saturated heterocycles. The van der Waals surface area contributed by atoms with Gasteiger partial charge in [-0.15, -0.1) is 11.3 Å². The summed E-state index contributed by atoms with van der Waals surface area (Å²) < 4.78 is 7.36. The van der Waals surface area contributed by atoms with Gasteiger partial charge in [0.15, 0.2) is 5.58 Å². The molecule has 0 radical (unpaired) electrons. The lowest BCUT2D eigenvalue weighted by molar-refractivity contribution is 0.667. The van der Waals surface area contributed by atoms with Gasteiger partial charge >= 0.3 is 0 Å². The van der Waals surface area contributed by atoms with Gasteiger partial charge < -0.3 is 4.42 Å². The van der Waals surface area contributed by atoms with E-state index in [1.54, 1.807) is 0 Å².